The summed E-state index contributed by atoms with van der Waals surface area (Å²) in [6.45, 7) is 7.64. The van der Waals surface area contributed by atoms with Gasteiger partial charge in [-0.25, -0.2) is 0 Å². The Bertz CT molecular complexity index is 666. The smallest absolute Gasteiger partial charge is 0.243 e. The van der Waals surface area contributed by atoms with Crippen molar-refractivity contribution in [2.24, 2.45) is 0 Å². The number of carbonyl (C=O) groups is 2. The summed E-state index contributed by atoms with van der Waals surface area (Å²) in [5, 5.41) is 5.32. The molecular formula is C19H24N2O4. The molecule has 0 spiro atoms. The minimum Gasteiger partial charge on any atom is -0.496 e. The molecule has 0 fully saturated rings. The third-order valence-electron chi connectivity index (χ3n) is 3.35. The number of hydrogen-bond acceptors (Lipinski definition) is 4. The molecule has 134 valence electrons. The average Bonchev–Trinajstić information content (AvgIpc) is 2.63. The average molecular weight is 344 g/mol. The first-order valence-corrected chi connectivity index (χ1v) is 7.75. The van der Waals surface area contributed by atoms with E-state index in [2.05, 4.69) is 23.8 Å². The summed E-state index contributed by atoms with van der Waals surface area (Å²) in [6.07, 6.45) is 6.53. The number of benzene rings is 1. The van der Waals surface area contributed by atoms with Gasteiger partial charge >= 0.3 is 0 Å². The molecule has 0 aliphatic heterocycles. The van der Waals surface area contributed by atoms with Crippen LogP contribution in [0.15, 0.2) is 49.6 Å². The molecule has 0 radical (unpaired) electrons. The zero-order valence-corrected chi connectivity index (χ0v) is 14.6. The first-order chi connectivity index (χ1) is 12.0. The number of hydrogen-bond donors (Lipinski definition) is 2. The van der Waals surface area contributed by atoms with E-state index in [9.17, 15) is 9.59 Å². The Kier molecular flexibility index (Phi) is 8.57. The lowest BCUT2D eigenvalue weighted by atomic mass is 10.1. The summed E-state index contributed by atoms with van der Waals surface area (Å²) < 4.78 is 10.7. The highest BCUT2D eigenvalue weighted by Gasteiger charge is 2.11. The Balaban J connectivity index is 2.71. The van der Waals surface area contributed by atoms with Crippen molar-refractivity contribution in [3.8, 4) is 11.5 Å². The van der Waals surface area contributed by atoms with Crippen molar-refractivity contribution in [2.45, 2.75) is 13.0 Å². The molecule has 0 aromatic heterocycles. The fourth-order valence-electron chi connectivity index (χ4n) is 2.13. The van der Waals surface area contributed by atoms with Crippen LogP contribution in [0.4, 0.5) is 0 Å². The number of ether oxygens (including phenoxy) is 2. The van der Waals surface area contributed by atoms with Gasteiger partial charge in [-0.05, 0) is 24.1 Å². The molecule has 0 aliphatic carbocycles. The molecule has 6 heteroatoms. The van der Waals surface area contributed by atoms with E-state index in [1.54, 1.807) is 32.4 Å². The van der Waals surface area contributed by atoms with Gasteiger partial charge in [-0.3, -0.25) is 9.59 Å². The molecule has 6 nitrogen and oxygen atoms in total. The van der Waals surface area contributed by atoms with Crippen LogP contribution in [0.25, 0.3) is 0 Å². The topological polar surface area (TPSA) is 76.7 Å². The van der Waals surface area contributed by atoms with Gasteiger partial charge in [0.05, 0.1) is 14.2 Å². The predicted molar refractivity (Wildman–Crippen MR) is 97.6 cm³/mol. The molecule has 2 N–H and O–H groups in total. The molecule has 0 heterocycles. The van der Waals surface area contributed by atoms with Gasteiger partial charge in [0, 0.05) is 30.8 Å². The van der Waals surface area contributed by atoms with Crippen molar-refractivity contribution in [1.29, 1.82) is 0 Å². The standard InChI is InChI=1S/C19H24N2O4/c1-5-8-14-11-15(17(25-4)12-16(14)24-3)13-21-19(23)9-7-10-20-18(22)6-2/h5-7,9,11-12H,1-2,8,10,13H2,3-4H3,(H,20,22)(H,21,23)/b9-7+. The minimum atomic E-state index is -0.289. The van der Waals surface area contributed by atoms with E-state index in [-0.39, 0.29) is 18.4 Å². The molecule has 1 aromatic carbocycles. The lowest BCUT2D eigenvalue weighted by Gasteiger charge is -2.14. The van der Waals surface area contributed by atoms with Crippen LogP contribution < -0.4 is 20.1 Å². The second kappa shape index (κ2) is 10.7. The zero-order chi connectivity index (χ0) is 18.7. The second-order valence-electron chi connectivity index (χ2n) is 5.04. The Morgan fingerprint density at radius 2 is 1.72 bits per heavy atom. The van der Waals surface area contributed by atoms with E-state index in [0.29, 0.717) is 24.5 Å². The van der Waals surface area contributed by atoms with Crippen molar-refractivity contribution in [1.82, 2.24) is 10.6 Å². The number of carbonyl (C=O) groups excluding carboxylic acids is 2. The van der Waals surface area contributed by atoms with Crippen molar-refractivity contribution in [3.05, 3.63) is 60.7 Å². The van der Waals surface area contributed by atoms with Gasteiger partial charge in [-0.2, -0.15) is 0 Å². The van der Waals surface area contributed by atoms with Gasteiger partial charge in [0.2, 0.25) is 11.8 Å². The number of rotatable bonds is 10. The minimum absolute atomic E-state index is 0.258. The SMILES string of the molecule is C=CCc1cc(CNC(=O)/C=C/CNC(=O)C=C)c(OC)cc1OC. The lowest BCUT2D eigenvalue weighted by molar-refractivity contribution is -0.117. The summed E-state index contributed by atoms with van der Waals surface area (Å²) in [6, 6.07) is 3.72. The highest BCUT2D eigenvalue weighted by atomic mass is 16.5. The maximum atomic E-state index is 11.9. The van der Waals surface area contributed by atoms with Gasteiger partial charge in [0.15, 0.2) is 0 Å². The Morgan fingerprint density at radius 1 is 1.04 bits per heavy atom. The van der Waals surface area contributed by atoms with Crippen LogP contribution in [-0.2, 0) is 22.6 Å². The third-order valence-corrected chi connectivity index (χ3v) is 3.35. The van der Waals surface area contributed by atoms with E-state index >= 15 is 0 Å². The number of nitrogens with one attached hydrogen (secondary N) is 2. The first-order valence-electron chi connectivity index (χ1n) is 7.75. The van der Waals surface area contributed by atoms with Crippen LogP contribution in [0.3, 0.4) is 0 Å². The second-order valence-corrected chi connectivity index (χ2v) is 5.04. The van der Waals surface area contributed by atoms with Crippen LogP contribution in [0.5, 0.6) is 11.5 Å². The number of methoxy groups -OCH3 is 2. The Labute approximate surface area is 148 Å². The molecule has 0 unspecified atom stereocenters. The van der Waals surface area contributed by atoms with E-state index in [4.69, 9.17) is 9.47 Å². The summed E-state index contributed by atoms with van der Waals surface area (Å²) in [5.74, 6) is 0.788. The van der Waals surface area contributed by atoms with Crippen molar-refractivity contribution in [3.63, 3.8) is 0 Å². The molecule has 0 bridgehead atoms. The van der Waals surface area contributed by atoms with Gasteiger partial charge < -0.3 is 20.1 Å². The quantitative estimate of drug-likeness (QED) is 0.502. The number of amides is 2. The Hall–Kier alpha value is -3.02. The summed E-state index contributed by atoms with van der Waals surface area (Å²) in [7, 11) is 3.16. The first kappa shape index (κ1) is 20.0. The lowest BCUT2D eigenvalue weighted by Crippen LogP contribution is -2.23. The molecular weight excluding hydrogens is 320 g/mol. The largest absolute Gasteiger partial charge is 0.496 e. The number of allylic oxidation sites excluding steroid dienone is 1. The molecule has 0 aliphatic rings. The Morgan fingerprint density at radius 3 is 2.32 bits per heavy atom. The molecule has 0 saturated carbocycles. The fourth-order valence-corrected chi connectivity index (χ4v) is 2.13. The van der Waals surface area contributed by atoms with E-state index in [0.717, 1.165) is 11.1 Å². The van der Waals surface area contributed by atoms with Crippen LogP contribution in [0.2, 0.25) is 0 Å². The highest BCUT2D eigenvalue weighted by molar-refractivity contribution is 5.88. The fraction of sp³-hybridized carbons (Fsp3) is 0.263. The normalized spacial score (nSPS) is 10.2. The van der Waals surface area contributed by atoms with Crippen LogP contribution >= 0.6 is 0 Å². The van der Waals surface area contributed by atoms with E-state index in [1.165, 1.54) is 12.2 Å². The van der Waals surface area contributed by atoms with E-state index < -0.39 is 0 Å². The molecule has 1 rings (SSSR count). The molecule has 2 amide bonds. The molecule has 1 aromatic rings. The molecule has 25 heavy (non-hydrogen) atoms. The van der Waals surface area contributed by atoms with Crippen molar-refractivity contribution < 1.29 is 19.1 Å². The molecule has 0 atom stereocenters. The van der Waals surface area contributed by atoms with Gasteiger partial charge in [-0.15, -0.1) is 6.58 Å². The zero-order valence-electron chi connectivity index (χ0n) is 14.6. The summed E-state index contributed by atoms with van der Waals surface area (Å²) >= 11 is 0. The van der Waals surface area contributed by atoms with Crippen LogP contribution in [0.1, 0.15) is 11.1 Å². The highest BCUT2D eigenvalue weighted by Crippen LogP contribution is 2.29. The van der Waals surface area contributed by atoms with Crippen LogP contribution in [-0.4, -0.2) is 32.6 Å². The molecule has 0 saturated heterocycles. The third kappa shape index (κ3) is 6.55. The van der Waals surface area contributed by atoms with Gasteiger partial charge in [0.1, 0.15) is 11.5 Å². The van der Waals surface area contributed by atoms with Crippen molar-refractivity contribution >= 4 is 11.8 Å². The predicted octanol–water partition coefficient (Wildman–Crippen LogP) is 1.91. The maximum Gasteiger partial charge on any atom is 0.243 e. The monoisotopic (exact) mass is 344 g/mol. The van der Waals surface area contributed by atoms with Crippen LogP contribution in [0, 0.1) is 0 Å². The van der Waals surface area contributed by atoms with Gasteiger partial charge in [-0.1, -0.05) is 18.7 Å². The van der Waals surface area contributed by atoms with Crippen molar-refractivity contribution in [2.75, 3.05) is 20.8 Å². The summed E-state index contributed by atoms with van der Waals surface area (Å²) in [4.78, 5) is 22.8. The van der Waals surface area contributed by atoms with Gasteiger partial charge in [0.25, 0.3) is 0 Å². The van der Waals surface area contributed by atoms with E-state index in [1.807, 2.05) is 6.07 Å². The maximum absolute atomic E-state index is 11.9. The summed E-state index contributed by atoms with van der Waals surface area (Å²) in [5.41, 5.74) is 1.80.